The van der Waals surface area contributed by atoms with Crippen molar-refractivity contribution in [2.75, 3.05) is 25.1 Å². The SMILES string of the molecule is CCOCCOc1ccc2ccccc2c1C1NC(=O)c2ccccc2N1. The van der Waals surface area contributed by atoms with E-state index in [1.807, 2.05) is 55.5 Å². The molecule has 27 heavy (non-hydrogen) atoms. The zero-order valence-corrected chi connectivity index (χ0v) is 15.2. The fourth-order valence-corrected chi connectivity index (χ4v) is 3.41. The third kappa shape index (κ3) is 3.46. The van der Waals surface area contributed by atoms with E-state index in [4.69, 9.17) is 9.47 Å². The lowest BCUT2D eigenvalue weighted by molar-refractivity contribution is 0.0933. The molecule has 0 saturated heterocycles. The molecule has 0 radical (unpaired) electrons. The van der Waals surface area contributed by atoms with Gasteiger partial charge in [-0.05, 0) is 35.9 Å². The van der Waals surface area contributed by atoms with Gasteiger partial charge in [-0.2, -0.15) is 0 Å². The van der Waals surface area contributed by atoms with Crippen molar-refractivity contribution < 1.29 is 14.3 Å². The van der Waals surface area contributed by atoms with E-state index in [2.05, 4.69) is 22.8 Å². The maximum Gasteiger partial charge on any atom is 0.255 e. The van der Waals surface area contributed by atoms with Crippen LogP contribution in [0.2, 0.25) is 0 Å². The molecule has 2 N–H and O–H groups in total. The summed E-state index contributed by atoms with van der Waals surface area (Å²) in [7, 11) is 0. The molecule has 1 unspecified atom stereocenters. The first-order valence-electron chi connectivity index (χ1n) is 9.16. The molecule has 1 aliphatic rings. The number of benzene rings is 3. The highest BCUT2D eigenvalue weighted by atomic mass is 16.5. The van der Waals surface area contributed by atoms with Crippen molar-refractivity contribution >= 4 is 22.4 Å². The van der Waals surface area contributed by atoms with Crippen molar-refractivity contribution in [3.05, 3.63) is 71.8 Å². The second kappa shape index (κ2) is 7.68. The molecule has 1 atom stereocenters. The van der Waals surface area contributed by atoms with Gasteiger partial charge in [0.15, 0.2) is 0 Å². The van der Waals surface area contributed by atoms with Gasteiger partial charge >= 0.3 is 0 Å². The van der Waals surface area contributed by atoms with Gasteiger partial charge in [0.25, 0.3) is 5.91 Å². The van der Waals surface area contributed by atoms with Crippen LogP contribution in [0, 0.1) is 0 Å². The van der Waals surface area contributed by atoms with Crippen molar-refractivity contribution in [1.82, 2.24) is 5.32 Å². The molecule has 138 valence electrons. The molecule has 0 fully saturated rings. The average molecular weight is 362 g/mol. The summed E-state index contributed by atoms with van der Waals surface area (Å²) in [6, 6.07) is 19.6. The largest absolute Gasteiger partial charge is 0.491 e. The highest BCUT2D eigenvalue weighted by molar-refractivity contribution is 6.02. The molecule has 0 aromatic heterocycles. The third-order valence-corrected chi connectivity index (χ3v) is 4.66. The molecule has 0 aliphatic carbocycles. The normalized spacial score (nSPS) is 15.7. The van der Waals surface area contributed by atoms with E-state index in [9.17, 15) is 4.79 Å². The van der Waals surface area contributed by atoms with Crippen molar-refractivity contribution in [2.45, 2.75) is 13.1 Å². The number of ether oxygens (including phenoxy) is 2. The highest BCUT2D eigenvalue weighted by Gasteiger charge is 2.27. The summed E-state index contributed by atoms with van der Waals surface area (Å²) in [5, 5.41) is 8.64. The van der Waals surface area contributed by atoms with Crippen molar-refractivity contribution in [1.29, 1.82) is 0 Å². The number of anilines is 1. The van der Waals surface area contributed by atoms with Crippen molar-refractivity contribution in [2.24, 2.45) is 0 Å². The second-order valence-corrected chi connectivity index (χ2v) is 6.34. The molecule has 1 amide bonds. The first kappa shape index (κ1) is 17.4. The van der Waals surface area contributed by atoms with Crippen LogP contribution in [0.15, 0.2) is 60.7 Å². The van der Waals surface area contributed by atoms with E-state index >= 15 is 0 Å². The van der Waals surface area contributed by atoms with E-state index in [0.717, 1.165) is 27.8 Å². The van der Waals surface area contributed by atoms with Gasteiger partial charge in [-0.1, -0.05) is 42.5 Å². The third-order valence-electron chi connectivity index (χ3n) is 4.66. The lowest BCUT2D eigenvalue weighted by Gasteiger charge is -2.30. The van der Waals surface area contributed by atoms with E-state index in [1.54, 1.807) is 0 Å². The molecule has 1 heterocycles. The topological polar surface area (TPSA) is 59.6 Å². The number of rotatable bonds is 6. The van der Waals surface area contributed by atoms with E-state index in [-0.39, 0.29) is 12.1 Å². The molecule has 4 rings (SSSR count). The van der Waals surface area contributed by atoms with E-state index in [0.29, 0.717) is 25.4 Å². The van der Waals surface area contributed by atoms with Crippen molar-refractivity contribution in [3.63, 3.8) is 0 Å². The van der Waals surface area contributed by atoms with Gasteiger partial charge in [0.2, 0.25) is 0 Å². The minimum Gasteiger partial charge on any atom is -0.491 e. The van der Waals surface area contributed by atoms with Gasteiger partial charge in [-0.25, -0.2) is 0 Å². The Morgan fingerprint density at radius 3 is 2.63 bits per heavy atom. The molecule has 3 aromatic carbocycles. The molecule has 0 bridgehead atoms. The quantitative estimate of drug-likeness (QED) is 0.648. The first-order valence-corrected chi connectivity index (χ1v) is 9.16. The Hall–Kier alpha value is -3.05. The Labute approximate surface area is 158 Å². The standard InChI is InChI=1S/C22H22N2O3/c1-2-26-13-14-27-19-12-11-15-7-3-4-8-16(15)20(19)21-23-18-10-6-5-9-17(18)22(25)24-21/h3-12,21,23H,2,13-14H2,1H3,(H,24,25). The van der Waals surface area contributed by atoms with Crippen LogP contribution in [-0.4, -0.2) is 25.7 Å². The molecule has 0 spiro atoms. The van der Waals surface area contributed by atoms with Crippen molar-refractivity contribution in [3.8, 4) is 5.75 Å². The smallest absolute Gasteiger partial charge is 0.255 e. The lowest BCUT2D eigenvalue weighted by atomic mass is 9.99. The predicted molar refractivity (Wildman–Crippen MR) is 106 cm³/mol. The molecule has 0 saturated carbocycles. The van der Waals surface area contributed by atoms with Gasteiger partial charge in [-0.3, -0.25) is 4.79 Å². The number of carbonyl (C=O) groups is 1. The fraction of sp³-hybridized carbons (Fsp3) is 0.227. The molecular weight excluding hydrogens is 340 g/mol. The molecule has 5 nitrogen and oxygen atoms in total. The van der Waals surface area contributed by atoms with Crippen LogP contribution in [0.4, 0.5) is 5.69 Å². The Balaban J connectivity index is 1.74. The zero-order valence-electron chi connectivity index (χ0n) is 15.2. The molecule has 3 aromatic rings. The van der Waals surface area contributed by atoms with Crippen LogP contribution < -0.4 is 15.4 Å². The van der Waals surface area contributed by atoms with Gasteiger partial charge in [0.1, 0.15) is 18.5 Å². The molecular formula is C22H22N2O3. The number of fused-ring (bicyclic) bond motifs is 2. The Morgan fingerprint density at radius 2 is 1.74 bits per heavy atom. The highest BCUT2D eigenvalue weighted by Crippen LogP contribution is 2.36. The van der Waals surface area contributed by atoms with Gasteiger partial charge in [0, 0.05) is 17.9 Å². The molecule has 5 heteroatoms. The number of hydrogen-bond acceptors (Lipinski definition) is 4. The van der Waals surface area contributed by atoms with E-state index in [1.165, 1.54) is 0 Å². The maximum atomic E-state index is 12.6. The maximum absolute atomic E-state index is 12.6. The summed E-state index contributed by atoms with van der Waals surface area (Å²) in [5.74, 6) is 0.646. The first-order chi connectivity index (χ1) is 13.3. The van der Waals surface area contributed by atoms with Crippen LogP contribution in [-0.2, 0) is 4.74 Å². The second-order valence-electron chi connectivity index (χ2n) is 6.34. The minimum atomic E-state index is -0.374. The summed E-state index contributed by atoms with van der Waals surface area (Å²) in [5.41, 5.74) is 2.39. The minimum absolute atomic E-state index is 0.0949. The predicted octanol–water partition coefficient (Wildman–Crippen LogP) is 4.11. The lowest BCUT2D eigenvalue weighted by Crippen LogP contribution is -2.38. The summed E-state index contributed by atoms with van der Waals surface area (Å²) in [4.78, 5) is 12.6. The summed E-state index contributed by atoms with van der Waals surface area (Å²) < 4.78 is 11.4. The average Bonchev–Trinajstić information content (AvgIpc) is 2.71. The monoisotopic (exact) mass is 362 g/mol. The summed E-state index contributed by atoms with van der Waals surface area (Å²) >= 11 is 0. The van der Waals surface area contributed by atoms with Crippen LogP contribution >= 0.6 is 0 Å². The van der Waals surface area contributed by atoms with Gasteiger partial charge in [-0.15, -0.1) is 0 Å². The van der Waals surface area contributed by atoms with Crippen LogP contribution in [0.1, 0.15) is 29.0 Å². The van der Waals surface area contributed by atoms with E-state index < -0.39 is 0 Å². The Bertz CT molecular complexity index is 971. The Morgan fingerprint density at radius 1 is 0.926 bits per heavy atom. The van der Waals surface area contributed by atoms with Crippen LogP contribution in [0.5, 0.6) is 5.75 Å². The zero-order chi connectivity index (χ0) is 18.6. The van der Waals surface area contributed by atoms with Crippen LogP contribution in [0.25, 0.3) is 10.8 Å². The number of hydrogen-bond donors (Lipinski definition) is 2. The number of nitrogens with one attached hydrogen (secondary N) is 2. The summed E-state index contributed by atoms with van der Waals surface area (Å²) in [6.07, 6.45) is -0.374. The number of para-hydroxylation sites is 1. The van der Waals surface area contributed by atoms with Gasteiger partial charge < -0.3 is 20.1 Å². The Kier molecular flexibility index (Phi) is 4.94. The number of carbonyl (C=O) groups excluding carboxylic acids is 1. The molecule has 1 aliphatic heterocycles. The fourth-order valence-electron chi connectivity index (χ4n) is 3.41. The number of amides is 1. The van der Waals surface area contributed by atoms with Gasteiger partial charge in [0.05, 0.1) is 12.2 Å². The summed E-state index contributed by atoms with van der Waals surface area (Å²) in [6.45, 7) is 3.60. The van der Waals surface area contributed by atoms with Crippen LogP contribution in [0.3, 0.4) is 0 Å².